The van der Waals surface area contributed by atoms with Crippen molar-refractivity contribution in [3.8, 4) is 0 Å². The van der Waals surface area contributed by atoms with Crippen molar-refractivity contribution in [1.82, 2.24) is 0 Å². The van der Waals surface area contributed by atoms with Gasteiger partial charge >= 0.3 is 5.97 Å². The monoisotopic (exact) mass is 292 g/mol. The normalized spacial score (nSPS) is 17.5. The predicted octanol–water partition coefficient (Wildman–Crippen LogP) is 3.31. The number of piperidine rings is 1. The van der Waals surface area contributed by atoms with E-state index in [1.807, 2.05) is 4.90 Å². The van der Waals surface area contributed by atoms with Gasteiger partial charge in [0.1, 0.15) is 0 Å². The number of non-ortho nitro benzene ring substituents is 1. The van der Waals surface area contributed by atoms with Crippen LogP contribution in [-0.4, -0.2) is 29.1 Å². The molecule has 0 saturated carbocycles. The van der Waals surface area contributed by atoms with Crippen LogP contribution in [-0.2, 0) is 0 Å². The molecular weight excluding hydrogens is 272 g/mol. The van der Waals surface area contributed by atoms with Crippen LogP contribution in [0.2, 0.25) is 0 Å². The summed E-state index contributed by atoms with van der Waals surface area (Å²) in [5.41, 5.74) is 0.697. The number of carbonyl (C=O) groups is 1. The molecule has 0 amide bonds. The Morgan fingerprint density at radius 1 is 1.43 bits per heavy atom. The Labute approximate surface area is 123 Å². The zero-order valence-electron chi connectivity index (χ0n) is 12.3. The van der Waals surface area contributed by atoms with Crippen LogP contribution < -0.4 is 4.90 Å². The Bertz CT molecular complexity index is 563. The average Bonchev–Trinajstić information content (AvgIpc) is 2.47. The van der Waals surface area contributed by atoms with Gasteiger partial charge in [0.25, 0.3) is 5.69 Å². The molecule has 1 heterocycles. The fourth-order valence-electron chi connectivity index (χ4n) is 2.73. The van der Waals surface area contributed by atoms with Crippen molar-refractivity contribution in [1.29, 1.82) is 0 Å². The van der Waals surface area contributed by atoms with Crippen LogP contribution in [0, 0.1) is 15.5 Å². The van der Waals surface area contributed by atoms with Gasteiger partial charge < -0.3 is 10.0 Å². The van der Waals surface area contributed by atoms with E-state index in [-0.39, 0.29) is 11.3 Å². The van der Waals surface area contributed by atoms with Gasteiger partial charge in [0, 0.05) is 25.2 Å². The lowest BCUT2D eigenvalue weighted by Crippen LogP contribution is -2.39. The summed E-state index contributed by atoms with van der Waals surface area (Å²) in [7, 11) is 0. The van der Waals surface area contributed by atoms with E-state index in [1.165, 1.54) is 6.07 Å². The van der Waals surface area contributed by atoms with E-state index >= 15 is 0 Å². The molecule has 0 radical (unpaired) electrons. The lowest BCUT2D eigenvalue weighted by atomic mass is 9.78. The zero-order valence-corrected chi connectivity index (χ0v) is 12.3. The highest BCUT2D eigenvalue weighted by molar-refractivity contribution is 5.95. The van der Waals surface area contributed by atoms with Crippen molar-refractivity contribution in [2.45, 2.75) is 33.1 Å². The van der Waals surface area contributed by atoms with E-state index < -0.39 is 10.9 Å². The predicted molar refractivity (Wildman–Crippen MR) is 79.9 cm³/mol. The van der Waals surface area contributed by atoms with Gasteiger partial charge in [0.2, 0.25) is 0 Å². The summed E-state index contributed by atoms with van der Waals surface area (Å²) in [5.74, 6) is -1.13. The summed E-state index contributed by atoms with van der Waals surface area (Å²) in [6, 6.07) is 4.07. The minimum Gasteiger partial charge on any atom is -0.478 e. The van der Waals surface area contributed by atoms with Gasteiger partial charge in [-0.15, -0.1) is 0 Å². The van der Waals surface area contributed by atoms with Gasteiger partial charge in [-0.25, -0.2) is 4.79 Å². The first-order valence-corrected chi connectivity index (χ1v) is 7.13. The third-order valence-electron chi connectivity index (χ3n) is 4.59. The van der Waals surface area contributed by atoms with E-state index in [1.54, 1.807) is 6.07 Å². The smallest absolute Gasteiger partial charge is 0.338 e. The van der Waals surface area contributed by atoms with E-state index in [4.69, 9.17) is 0 Å². The van der Waals surface area contributed by atoms with Crippen molar-refractivity contribution in [2.24, 2.45) is 5.41 Å². The third-order valence-corrected chi connectivity index (χ3v) is 4.59. The Balaban J connectivity index is 2.28. The quantitative estimate of drug-likeness (QED) is 0.680. The standard InChI is InChI=1S/C15H20N2O4/c1-3-15(2)6-8-16(9-7-15)13-5-4-11(17(20)21)10-12(13)14(18)19/h4-5,10H,3,6-9H2,1-2H3,(H,18,19). The number of anilines is 1. The largest absolute Gasteiger partial charge is 0.478 e. The van der Waals surface area contributed by atoms with E-state index in [0.29, 0.717) is 11.1 Å². The number of carboxylic acids is 1. The topological polar surface area (TPSA) is 83.7 Å². The molecule has 2 rings (SSSR count). The average molecular weight is 292 g/mol. The maximum Gasteiger partial charge on any atom is 0.338 e. The molecule has 0 aromatic heterocycles. The highest BCUT2D eigenvalue weighted by atomic mass is 16.6. The molecule has 0 aliphatic carbocycles. The maximum absolute atomic E-state index is 11.4. The zero-order chi connectivity index (χ0) is 15.6. The molecule has 0 atom stereocenters. The number of aromatic carboxylic acids is 1. The van der Waals surface area contributed by atoms with Crippen LogP contribution in [0.1, 0.15) is 43.5 Å². The van der Waals surface area contributed by atoms with Crippen LogP contribution in [0.3, 0.4) is 0 Å². The van der Waals surface area contributed by atoms with Gasteiger partial charge in [-0.2, -0.15) is 0 Å². The fourth-order valence-corrected chi connectivity index (χ4v) is 2.73. The number of rotatable bonds is 4. The van der Waals surface area contributed by atoms with Crippen LogP contribution in [0.15, 0.2) is 18.2 Å². The van der Waals surface area contributed by atoms with Gasteiger partial charge in [-0.05, 0) is 24.3 Å². The molecule has 0 unspecified atom stereocenters. The number of nitro benzene ring substituents is 1. The lowest BCUT2D eigenvalue weighted by Gasteiger charge is -2.40. The molecule has 114 valence electrons. The summed E-state index contributed by atoms with van der Waals surface area (Å²) >= 11 is 0. The Morgan fingerprint density at radius 2 is 2.05 bits per heavy atom. The van der Waals surface area contributed by atoms with Crippen LogP contribution in [0.4, 0.5) is 11.4 Å². The van der Waals surface area contributed by atoms with Crippen LogP contribution in [0.5, 0.6) is 0 Å². The van der Waals surface area contributed by atoms with Gasteiger partial charge in [0.15, 0.2) is 0 Å². The SMILES string of the molecule is CCC1(C)CCN(c2ccc([N+](=O)[O-])cc2C(=O)O)CC1. The molecule has 1 aromatic rings. The van der Waals surface area contributed by atoms with Gasteiger partial charge in [0.05, 0.1) is 16.2 Å². The maximum atomic E-state index is 11.4. The fraction of sp³-hybridized carbons (Fsp3) is 0.533. The van der Waals surface area contributed by atoms with Gasteiger partial charge in [-0.1, -0.05) is 20.3 Å². The Hall–Kier alpha value is -2.11. The summed E-state index contributed by atoms with van der Waals surface area (Å²) in [5, 5.41) is 20.1. The second-order valence-corrected chi connectivity index (χ2v) is 5.91. The number of benzene rings is 1. The summed E-state index contributed by atoms with van der Waals surface area (Å²) in [6.45, 7) is 5.98. The molecule has 21 heavy (non-hydrogen) atoms. The summed E-state index contributed by atoms with van der Waals surface area (Å²) in [4.78, 5) is 23.6. The number of nitrogens with zero attached hydrogens (tertiary/aromatic N) is 2. The lowest BCUT2D eigenvalue weighted by molar-refractivity contribution is -0.384. The molecule has 1 aliphatic heterocycles. The molecule has 1 aromatic carbocycles. The van der Waals surface area contributed by atoms with Crippen molar-refractivity contribution < 1.29 is 14.8 Å². The minimum absolute atomic E-state index is 0.00398. The Kier molecular flexibility index (Phi) is 4.16. The number of nitro groups is 1. The van der Waals surface area contributed by atoms with Crippen molar-refractivity contribution in [3.05, 3.63) is 33.9 Å². The molecule has 1 N–H and O–H groups in total. The molecule has 0 bridgehead atoms. The number of carboxylic acid groups (broad SMARTS) is 1. The van der Waals surface area contributed by atoms with Crippen LogP contribution >= 0.6 is 0 Å². The van der Waals surface area contributed by atoms with Gasteiger partial charge in [-0.3, -0.25) is 10.1 Å². The molecule has 1 saturated heterocycles. The molecule has 1 aliphatic rings. The highest BCUT2D eigenvalue weighted by Gasteiger charge is 2.30. The Morgan fingerprint density at radius 3 is 2.52 bits per heavy atom. The molecule has 1 fully saturated rings. The second-order valence-electron chi connectivity index (χ2n) is 5.91. The summed E-state index contributed by atoms with van der Waals surface area (Å²) < 4.78 is 0. The highest BCUT2D eigenvalue weighted by Crippen LogP contribution is 2.37. The first kappa shape index (κ1) is 15.3. The van der Waals surface area contributed by atoms with E-state index in [9.17, 15) is 20.0 Å². The van der Waals surface area contributed by atoms with Crippen LogP contribution in [0.25, 0.3) is 0 Å². The van der Waals surface area contributed by atoms with Crippen molar-refractivity contribution in [3.63, 3.8) is 0 Å². The van der Waals surface area contributed by atoms with E-state index in [2.05, 4.69) is 13.8 Å². The second kappa shape index (κ2) is 5.71. The first-order chi connectivity index (χ1) is 9.86. The molecule has 6 nitrogen and oxygen atoms in total. The van der Waals surface area contributed by atoms with E-state index in [0.717, 1.165) is 38.4 Å². The first-order valence-electron chi connectivity index (χ1n) is 7.13. The molecule has 0 spiro atoms. The minimum atomic E-state index is -1.13. The number of hydrogen-bond donors (Lipinski definition) is 1. The van der Waals surface area contributed by atoms with Crippen molar-refractivity contribution >= 4 is 17.3 Å². The molecular formula is C15H20N2O4. The van der Waals surface area contributed by atoms with Crippen molar-refractivity contribution in [2.75, 3.05) is 18.0 Å². The molecule has 6 heteroatoms. The summed E-state index contributed by atoms with van der Waals surface area (Å²) in [6.07, 6.45) is 3.10. The number of hydrogen-bond acceptors (Lipinski definition) is 4. The third kappa shape index (κ3) is 3.15.